The highest BCUT2D eigenvalue weighted by Crippen LogP contribution is 2.27. The summed E-state index contributed by atoms with van der Waals surface area (Å²) in [6.07, 6.45) is 17.6. The molecule has 0 heterocycles. The van der Waals surface area contributed by atoms with E-state index in [4.69, 9.17) is 0 Å². The molecule has 1 aliphatic rings. The van der Waals surface area contributed by atoms with Crippen molar-refractivity contribution in [1.29, 1.82) is 0 Å². The lowest BCUT2D eigenvalue weighted by Gasteiger charge is -2.32. The molecule has 0 spiro atoms. The van der Waals surface area contributed by atoms with Crippen molar-refractivity contribution in [3.63, 3.8) is 0 Å². The van der Waals surface area contributed by atoms with E-state index in [-0.39, 0.29) is 6.04 Å². The van der Waals surface area contributed by atoms with Crippen LogP contribution in [0.1, 0.15) is 60.3 Å². The molecule has 0 aromatic heterocycles. The molecule has 138 valence electrons. The second-order valence-electron chi connectivity index (χ2n) is 6.29. The first kappa shape index (κ1) is 21.2. The maximum atomic E-state index is 4.40. The molecule has 0 aromatic rings. The molecule has 0 fully saturated rings. The standard InChI is InChI=1S/C23H36N2/c1-7-13-22-14-12-15-23(18-21(22)9-3)25(11-5)19(6)20(8-2)16-17-24-10-4/h12,14-18,23H,6-11,13H2,1-5H3/b20-16+,24-17-. The average molecular weight is 341 g/mol. The van der Waals surface area contributed by atoms with Crippen molar-refractivity contribution in [2.75, 3.05) is 13.1 Å². The van der Waals surface area contributed by atoms with Crippen LogP contribution in [0.5, 0.6) is 0 Å². The van der Waals surface area contributed by atoms with E-state index >= 15 is 0 Å². The fraction of sp³-hybridized carbons (Fsp3) is 0.522. The Labute approximate surface area is 155 Å². The third-order valence-corrected chi connectivity index (χ3v) is 4.65. The fourth-order valence-electron chi connectivity index (χ4n) is 3.25. The molecule has 1 rings (SSSR count). The monoisotopic (exact) mass is 340 g/mol. The van der Waals surface area contributed by atoms with E-state index < -0.39 is 0 Å². The maximum absolute atomic E-state index is 4.40. The number of nitrogens with zero attached hydrogens (tertiary/aromatic N) is 2. The Hall–Kier alpha value is -1.83. The normalized spacial score (nSPS) is 18.1. The first-order valence-corrected chi connectivity index (χ1v) is 9.85. The van der Waals surface area contributed by atoms with Crippen LogP contribution in [-0.2, 0) is 0 Å². The van der Waals surface area contributed by atoms with Crippen molar-refractivity contribution >= 4 is 6.21 Å². The van der Waals surface area contributed by atoms with Gasteiger partial charge < -0.3 is 4.90 Å². The van der Waals surface area contributed by atoms with Gasteiger partial charge >= 0.3 is 0 Å². The minimum atomic E-state index is 0.260. The lowest BCUT2D eigenvalue weighted by atomic mass is 9.97. The van der Waals surface area contributed by atoms with E-state index in [0.29, 0.717) is 0 Å². The lowest BCUT2D eigenvalue weighted by molar-refractivity contribution is 0.351. The minimum Gasteiger partial charge on any atom is -0.362 e. The Morgan fingerprint density at radius 1 is 1.20 bits per heavy atom. The van der Waals surface area contributed by atoms with E-state index in [9.17, 15) is 0 Å². The molecule has 2 nitrogen and oxygen atoms in total. The molecule has 0 aromatic carbocycles. The van der Waals surface area contributed by atoms with Gasteiger partial charge in [-0.3, -0.25) is 4.99 Å². The Kier molecular flexibility index (Phi) is 9.91. The summed E-state index contributed by atoms with van der Waals surface area (Å²) in [4.78, 5) is 6.71. The zero-order chi connectivity index (χ0) is 18.7. The molecule has 0 radical (unpaired) electrons. The third-order valence-electron chi connectivity index (χ3n) is 4.65. The number of aliphatic imine (C=N–C) groups is 1. The van der Waals surface area contributed by atoms with E-state index in [1.54, 1.807) is 0 Å². The van der Waals surface area contributed by atoms with Crippen LogP contribution in [0.3, 0.4) is 0 Å². The van der Waals surface area contributed by atoms with Gasteiger partial charge in [-0.25, -0.2) is 0 Å². The SMILES string of the molecule is C=C(/C(=C/C=N\CC)CC)N(CC)C1C=CC=C(CCC)C(CC)=C1. The van der Waals surface area contributed by atoms with Gasteiger partial charge in [0.1, 0.15) is 0 Å². The molecule has 1 aliphatic carbocycles. The van der Waals surface area contributed by atoms with Gasteiger partial charge in [0, 0.05) is 25.0 Å². The van der Waals surface area contributed by atoms with Crippen LogP contribution in [0.4, 0.5) is 0 Å². The number of allylic oxidation sites excluding steroid dienone is 6. The molecule has 1 atom stereocenters. The van der Waals surface area contributed by atoms with E-state index in [1.807, 2.05) is 6.21 Å². The van der Waals surface area contributed by atoms with Crippen LogP contribution < -0.4 is 0 Å². The zero-order valence-electron chi connectivity index (χ0n) is 16.9. The smallest absolute Gasteiger partial charge is 0.0665 e. The first-order valence-electron chi connectivity index (χ1n) is 9.85. The van der Waals surface area contributed by atoms with Gasteiger partial charge in [-0.05, 0) is 55.9 Å². The molecular weight excluding hydrogens is 304 g/mol. The van der Waals surface area contributed by atoms with Crippen molar-refractivity contribution in [2.24, 2.45) is 4.99 Å². The van der Waals surface area contributed by atoms with E-state index in [2.05, 4.69) is 81.5 Å². The highest BCUT2D eigenvalue weighted by atomic mass is 15.2. The van der Waals surface area contributed by atoms with Gasteiger partial charge in [0.2, 0.25) is 0 Å². The van der Waals surface area contributed by atoms with E-state index in [1.165, 1.54) is 23.1 Å². The van der Waals surface area contributed by atoms with Crippen LogP contribution in [0.25, 0.3) is 0 Å². The van der Waals surface area contributed by atoms with Crippen molar-refractivity contribution < 1.29 is 0 Å². The third kappa shape index (κ3) is 6.19. The predicted molar refractivity (Wildman–Crippen MR) is 113 cm³/mol. The second kappa shape index (κ2) is 11.7. The summed E-state index contributed by atoms with van der Waals surface area (Å²) in [6, 6.07) is 0.260. The molecule has 1 unspecified atom stereocenters. The van der Waals surface area contributed by atoms with Crippen molar-refractivity contribution in [1.82, 2.24) is 4.90 Å². The predicted octanol–water partition coefficient (Wildman–Crippen LogP) is 6.25. The minimum absolute atomic E-state index is 0.260. The Morgan fingerprint density at radius 3 is 2.52 bits per heavy atom. The van der Waals surface area contributed by atoms with Gasteiger partial charge in [-0.2, -0.15) is 0 Å². The molecule has 0 bridgehead atoms. The van der Waals surface area contributed by atoms with Gasteiger partial charge in [-0.15, -0.1) is 0 Å². The summed E-state index contributed by atoms with van der Waals surface area (Å²) in [5, 5.41) is 0. The summed E-state index contributed by atoms with van der Waals surface area (Å²) in [6.45, 7) is 17.1. The zero-order valence-corrected chi connectivity index (χ0v) is 16.9. The van der Waals surface area contributed by atoms with Crippen molar-refractivity contribution in [3.05, 3.63) is 59.4 Å². The molecule has 0 aliphatic heterocycles. The first-order chi connectivity index (χ1) is 12.1. The van der Waals surface area contributed by atoms with Crippen LogP contribution in [-0.4, -0.2) is 30.2 Å². The summed E-state index contributed by atoms with van der Waals surface area (Å²) in [5.74, 6) is 0. The Morgan fingerprint density at radius 2 is 1.96 bits per heavy atom. The summed E-state index contributed by atoms with van der Waals surface area (Å²) < 4.78 is 0. The lowest BCUT2D eigenvalue weighted by Crippen LogP contribution is -2.32. The highest BCUT2D eigenvalue weighted by molar-refractivity contribution is 5.73. The Bertz CT molecular complexity index is 573. The largest absolute Gasteiger partial charge is 0.362 e. The molecule has 0 N–H and O–H groups in total. The van der Waals surface area contributed by atoms with Gasteiger partial charge in [0.15, 0.2) is 0 Å². The van der Waals surface area contributed by atoms with Crippen molar-refractivity contribution in [3.8, 4) is 0 Å². The summed E-state index contributed by atoms with van der Waals surface area (Å²) >= 11 is 0. The van der Waals surface area contributed by atoms with Gasteiger partial charge in [-0.1, -0.05) is 58.1 Å². The molecular formula is C23H36N2. The molecule has 2 heteroatoms. The van der Waals surface area contributed by atoms with E-state index in [0.717, 1.165) is 38.0 Å². The van der Waals surface area contributed by atoms with Crippen LogP contribution in [0.15, 0.2) is 64.4 Å². The summed E-state index contributed by atoms with van der Waals surface area (Å²) in [7, 11) is 0. The average Bonchev–Trinajstić information content (AvgIpc) is 2.82. The number of likely N-dealkylation sites (N-methyl/N-ethyl adjacent to an activating group) is 1. The fourth-order valence-corrected chi connectivity index (χ4v) is 3.25. The van der Waals surface area contributed by atoms with Crippen LogP contribution in [0.2, 0.25) is 0 Å². The van der Waals surface area contributed by atoms with Crippen LogP contribution in [0, 0.1) is 0 Å². The molecule has 25 heavy (non-hydrogen) atoms. The number of hydrogen-bond acceptors (Lipinski definition) is 2. The summed E-state index contributed by atoms with van der Waals surface area (Å²) in [5.41, 5.74) is 5.31. The molecule has 0 amide bonds. The van der Waals surface area contributed by atoms with Crippen LogP contribution >= 0.6 is 0 Å². The maximum Gasteiger partial charge on any atom is 0.0665 e. The van der Waals surface area contributed by atoms with Gasteiger partial charge in [0.25, 0.3) is 0 Å². The van der Waals surface area contributed by atoms with Gasteiger partial charge in [0.05, 0.1) is 6.04 Å². The van der Waals surface area contributed by atoms with Crippen molar-refractivity contribution in [2.45, 2.75) is 66.3 Å². The number of hydrogen-bond donors (Lipinski definition) is 0. The molecule has 0 saturated heterocycles. The quantitative estimate of drug-likeness (QED) is 0.339. The number of rotatable bonds is 10. The molecule has 0 saturated carbocycles. The highest BCUT2D eigenvalue weighted by Gasteiger charge is 2.18. The Balaban J connectivity index is 3.09. The second-order valence-corrected chi connectivity index (χ2v) is 6.29. The topological polar surface area (TPSA) is 15.6 Å².